The van der Waals surface area contributed by atoms with Gasteiger partial charge in [-0.1, -0.05) is 18.2 Å². The fourth-order valence-electron chi connectivity index (χ4n) is 3.44. The van der Waals surface area contributed by atoms with Crippen LogP contribution in [0.3, 0.4) is 0 Å². The van der Waals surface area contributed by atoms with Crippen molar-refractivity contribution in [2.75, 3.05) is 24.1 Å². The third-order valence-corrected chi connectivity index (χ3v) is 4.68. The number of hydrogen-bond acceptors (Lipinski definition) is 4. The lowest BCUT2D eigenvalue weighted by Crippen LogP contribution is -2.38. The molecule has 2 heterocycles. The Morgan fingerprint density at radius 2 is 2.08 bits per heavy atom. The third kappa shape index (κ3) is 2.93. The zero-order chi connectivity index (χ0) is 16.4. The normalized spacial score (nSPS) is 17.8. The minimum atomic E-state index is 0.457. The van der Waals surface area contributed by atoms with Gasteiger partial charge in [0.05, 0.1) is 0 Å². The summed E-state index contributed by atoms with van der Waals surface area (Å²) >= 11 is 0. The molecule has 1 fully saturated rings. The average molecular weight is 318 g/mol. The lowest BCUT2D eigenvalue weighted by atomic mass is 9.98. The van der Waals surface area contributed by atoms with E-state index in [0.717, 1.165) is 41.0 Å². The summed E-state index contributed by atoms with van der Waals surface area (Å²) in [5.41, 5.74) is 10.3. The van der Waals surface area contributed by atoms with Crippen LogP contribution in [-0.2, 0) is 0 Å². The number of benzene rings is 2. The largest absolute Gasteiger partial charge is 0.398 e. The second-order valence-corrected chi connectivity index (χ2v) is 6.40. The highest BCUT2D eigenvalue weighted by atomic mass is 15.0. The molecule has 0 bridgehead atoms. The molecule has 4 N–H and O–H groups in total. The van der Waals surface area contributed by atoms with Gasteiger partial charge in [0.25, 0.3) is 0 Å². The monoisotopic (exact) mass is 318 g/mol. The van der Waals surface area contributed by atoms with E-state index >= 15 is 0 Å². The summed E-state index contributed by atoms with van der Waals surface area (Å²) in [4.78, 5) is 4.29. The number of hydrogen-bond donors (Lipinski definition) is 3. The fraction of sp³-hybridized carbons (Fsp3) is 0.250. The molecule has 1 unspecified atom stereocenters. The molecule has 0 radical (unpaired) electrons. The molecule has 1 saturated heterocycles. The first-order valence-corrected chi connectivity index (χ1v) is 8.51. The summed E-state index contributed by atoms with van der Waals surface area (Å²) in [6.07, 6.45) is 6.17. The van der Waals surface area contributed by atoms with Gasteiger partial charge in [-0.3, -0.25) is 4.98 Å². The zero-order valence-corrected chi connectivity index (χ0v) is 13.6. The Kier molecular flexibility index (Phi) is 4.05. The van der Waals surface area contributed by atoms with Crippen LogP contribution in [0.2, 0.25) is 0 Å². The highest BCUT2D eigenvalue weighted by Gasteiger charge is 2.15. The highest BCUT2D eigenvalue weighted by molar-refractivity contribution is 5.98. The first-order valence-electron chi connectivity index (χ1n) is 8.51. The second-order valence-electron chi connectivity index (χ2n) is 6.40. The van der Waals surface area contributed by atoms with Crippen LogP contribution in [0.25, 0.3) is 21.9 Å². The van der Waals surface area contributed by atoms with Crippen LogP contribution in [0.4, 0.5) is 11.4 Å². The molecule has 1 aliphatic rings. The highest BCUT2D eigenvalue weighted by Crippen LogP contribution is 2.33. The molecule has 0 aliphatic carbocycles. The summed E-state index contributed by atoms with van der Waals surface area (Å²) in [7, 11) is 0. The van der Waals surface area contributed by atoms with Crippen LogP contribution in [-0.4, -0.2) is 24.1 Å². The summed E-state index contributed by atoms with van der Waals surface area (Å²) in [6.45, 7) is 2.12. The predicted molar refractivity (Wildman–Crippen MR) is 101 cm³/mol. The molecule has 2 aromatic carbocycles. The van der Waals surface area contributed by atoms with Crippen LogP contribution in [0.15, 0.2) is 54.9 Å². The predicted octanol–water partition coefficient (Wildman–Crippen LogP) is 3.65. The molecule has 3 aromatic rings. The van der Waals surface area contributed by atoms with Gasteiger partial charge in [-0.05, 0) is 49.2 Å². The fourth-order valence-corrected chi connectivity index (χ4v) is 3.44. The Morgan fingerprint density at radius 1 is 1.17 bits per heavy atom. The number of rotatable bonds is 3. The van der Waals surface area contributed by atoms with Crippen LogP contribution < -0.4 is 16.4 Å². The number of nitrogen functional groups attached to an aromatic ring is 1. The lowest BCUT2D eigenvalue weighted by Gasteiger charge is -2.26. The van der Waals surface area contributed by atoms with E-state index in [0.29, 0.717) is 6.04 Å². The Balaban J connectivity index is 1.80. The van der Waals surface area contributed by atoms with E-state index < -0.39 is 0 Å². The van der Waals surface area contributed by atoms with E-state index in [9.17, 15) is 0 Å². The van der Waals surface area contributed by atoms with Gasteiger partial charge in [0.1, 0.15) is 0 Å². The maximum atomic E-state index is 6.18. The van der Waals surface area contributed by atoms with Crippen molar-refractivity contribution in [3.8, 4) is 11.1 Å². The number of aromatic nitrogens is 1. The van der Waals surface area contributed by atoms with Crippen molar-refractivity contribution in [3.63, 3.8) is 0 Å². The van der Waals surface area contributed by atoms with Gasteiger partial charge >= 0.3 is 0 Å². The van der Waals surface area contributed by atoms with Crippen molar-refractivity contribution in [1.82, 2.24) is 10.3 Å². The summed E-state index contributed by atoms with van der Waals surface area (Å²) in [5.74, 6) is 0. The van der Waals surface area contributed by atoms with Gasteiger partial charge in [-0.25, -0.2) is 0 Å². The van der Waals surface area contributed by atoms with Crippen LogP contribution in [0.1, 0.15) is 12.8 Å². The average Bonchev–Trinajstić information content (AvgIpc) is 2.63. The third-order valence-electron chi connectivity index (χ3n) is 4.68. The molecule has 4 rings (SSSR count). The number of nitrogens with two attached hydrogens (primary N) is 1. The van der Waals surface area contributed by atoms with Crippen molar-refractivity contribution in [1.29, 1.82) is 0 Å². The molecule has 4 heteroatoms. The summed E-state index contributed by atoms with van der Waals surface area (Å²) in [6, 6.07) is 14.9. The Hall–Kier alpha value is -2.59. The Bertz CT molecular complexity index is 853. The number of nitrogens with one attached hydrogen (secondary N) is 2. The van der Waals surface area contributed by atoms with Crippen molar-refractivity contribution < 1.29 is 0 Å². The molecule has 0 spiro atoms. The van der Waals surface area contributed by atoms with Gasteiger partial charge in [0.15, 0.2) is 0 Å². The molecule has 0 saturated carbocycles. The maximum absolute atomic E-state index is 6.18. The molecule has 1 aliphatic heterocycles. The van der Waals surface area contributed by atoms with E-state index in [1.165, 1.54) is 18.2 Å². The van der Waals surface area contributed by atoms with E-state index in [1.54, 1.807) is 0 Å². The van der Waals surface area contributed by atoms with E-state index in [4.69, 9.17) is 5.73 Å². The summed E-state index contributed by atoms with van der Waals surface area (Å²) in [5, 5.41) is 9.52. The first-order chi connectivity index (χ1) is 11.8. The summed E-state index contributed by atoms with van der Waals surface area (Å²) < 4.78 is 0. The van der Waals surface area contributed by atoms with Crippen LogP contribution >= 0.6 is 0 Å². The SMILES string of the molecule is Nc1ccccc1-c1cc(NC2CCCNC2)c2ccncc2c1. The van der Waals surface area contributed by atoms with Gasteiger partial charge in [-0.2, -0.15) is 0 Å². The number of anilines is 2. The lowest BCUT2D eigenvalue weighted by molar-refractivity contribution is 0.480. The second kappa shape index (κ2) is 6.49. The number of fused-ring (bicyclic) bond motifs is 1. The van der Waals surface area contributed by atoms with E-state index in [-0.39, 0.29) is 0 Å². The van der Waals surface area contributed by atoms with Gasteiger partial charge < -0.3 is 16.4 Å². The Morgan fingerprint density at radius 3 is 2.92 bits per heavy atom. The number of piperidine rings is 1. The van der Waals surface area contributed by atoms with Crippen molar-refractivity contribution in [3.05, 3.63) is 54.9 Å². The van der Waals surface area contributed by atoms with Gasteiger partial charge in [0, 0.05) is 52.7 Å². The van der Waals surface area contributed by atoms with Crippen LogP contribution in [0, 0.1) is 0 Å². The van der Waals surface area contributed by atoms with Gasteiger partial charge in [-0.15, -0.1) is 0 Å². The van der Waals surface area contributed by atoms with Crippen molar-refractivity contribution in [2.24, 2.45) is 0 Å². The van der Waals surface area contributed by atoms with Gasteiger partial charge in [0.2, 0.25) is 0 Å². The zero-order valence-electron chi connectivity index (χ0n) is 13.6. The van der Waals surface area contributed by atoms with Crippen molar-refractivity contribution >= 4 is 22.1 Å². The minimum Gasteiger partial charge on any atom is -0.398 e. The van der Waals surface area contributed by atoms with E-state index in [2.05, 4.69) is 39.9 Å². The standard InChI is InChI=1S/C20H22N4/c21-19-6-2-1-5-17(19)14-10-15-12-23-9-7-18(15)20(11-14)24-16-4-3-8-22-13-16/h1-2,5-7,9-12,16,22,24H,3-4,8,13,21H2. The first kappa shape index (κ1) is 15.0. The number of pyridine rings is 1. The molecule has 122 valence electrons. The quantitative estimate of drug-likeness (QED) is 0.645. The van der Waals surface area contributed by atoms with Crippen molar-refractivity contribution in [2.45, 2.75) is 18.9 Å². The maximum Gasteiger partial charge on any atom is 0.0429 e. The Labute approximate surface area is 142 Å². The topological polar surface area (TPSA) is 63.0 Å². The molecular formula is C20H22N4. The van der Waals surface area contributed by atoms with E-state index in [1.807, 2.05) is 30.6 Å². The molecule has 1 atom stereocenters. The number of para-hydroxylation sites is 1. The molecule has 24 heavy (non-hydrogen) atoms. The molecule has 0 amide bonds. The number of nitrogens with zero attached hydrogens (tertiary/aromatic N) is 1. The molecule has 1 aromatic heterocycles. The minimum absolute atomic E-state index is 0.457. The molecular weight excluding hydrogens is 296 g/mol. The smallest absolute Gasteiger partial charge is 0.0429 e. The molecule has 4 nitrogen and oxygen atoms in total. The van der Waals surface area contributed by atoms with Crippen LogP contribution in [0.5, 0.6) is 0 Å².